The molecule has 1 amide bonds. The lowest BCUT2D eigenvalue weighted by molar-refractivity contribution is 0.0908. The van der Waals surface area contributed by atoms with Gasteiger partial charge in [0.15, 0.2) is 5.69 Å². The highest BCUT2D eigenvalue weighted by Gasteiger charge is 2.30. The van der Waals surface area contributed by atoms with Crippen molar-refractivity contribution in [1.82, 2.24) is 15.8 Å². The van der Waals surface area contributed by atoms with Gasteiger partial charge in [0.05, 0.1) is 0 Å². The van der Waals surface area contributed by atoms with Gasteiger partial charge in [-0.15, -0.1) is 0 Å². The number of hydrogen-bond acceptors (Lipinski definition) is 4. The van der Waals surface area contributed by atoms with Crippen LogP contribution < -0.4 is 10.6 Å². The Morgan fingerprint density at radius 1 is 1.43 bits per heavy atom. The standard InChI is InChI=1S/C16H29N3O2/c1-7-9-16(5,12(4)17-6)10-18-15(20)14-11(3)13(8-2)21-19-14/h12,17H,7-10H2,1-6H3,(H,18,20). The zero-order chi connectivity index (χ0) is 16.0. The van der Waals surface area contributed by atoms with E-state index in [1.54, 1.807) is 0 Å². The maximum absolute atomic E-state index is 12.3. The van der Waals surface area contributed by atoms with Crippen LogP contribution in [0.2, 0.25) is 0 Å². The Hall–Kier alpha value is -1.36. The molecule has 2 atom stereocenters. The Morgan fingerprint density at radius 2 is 2.10 bits per heavy atom. The van der Waals surface area contributed by atoms with Gasteiger partial charge in [-0.3, -0.25) is 4.79 Å². The third kappa shape index (κ3) is 4.06. The van der Waals surface area contributed by atoms with E-state index in [1.807, 2.05) is 20.9 Å². The van der Waals surface area contributed by atoms with Crippen LogP contribution in [0.5, 0.6) is 0 Å². The van der Waals surface area contributed by atoms with Gasteiger partial charge in [0.2, 0.25) is 0 Å². The van der Waals surface area contributed by atoms with Crippen LogP contribution in [0.1, 0.15) is 62.3 Å². The van der Waals surface area contributed by atoms with Gasteiger partial charge in [-0.2, -0.15) is 0 Å². The first kappa shape index (κ1) is 17.7. The summed E-state index contributed by atoms with van der Waals surface area (Å²) in [4.78, 5) is 12.3. The van der Waals surface area contributed by atoms with Crippen molar-refractivity contribution in [3.63, 3.8) is 0 Å². The fourth-order valence-electron chi connectivity index (χ4n) is 2.65. The van der Waals surface area contributed by atoms with Crippen LogP contribution in [-0.2, 0) is 6.42 Å². The number of amides is 1. The second kappa shape index (κ2) is 7.59. The van der Waals surface area contributed by atoms with Crippen LogP contribution in [0, 0.1) is 12.3 Å². The Morgan fingerprint density at radius 3 is 2.57 bits per heavy atom. The molecular weight excluding hydrogens is 266 g/mol. The summed E-state index contributed by atoms with van der Waals surface area (Å²) in [7, 11) is 1.95. The maximum atomic E-state index is 12.3. The van der Waals surface area contributed by atoms with E-state index in [9.17, 15) is 4.79 Å². The number of nitrogens with zero attached hydrogens (tertiary/aromatic N) is 1. The van der Waals surface area contributed by atoms with Crippen molar-refractivity contribution in [2.24, 2.45) is 5.41 Å². The molecule has 2 unspecified atom stereocenters. The zero-order valence-corrected chi connectivity index (χ0v) is 14.2. The van der Waals surface area contributed by atoms with Gasteiger partial charge >= 0.3 is 0 Å². The molecule has 0 fully saturated rings. The summed E-state index contributed by atoms with van der Waals surface area (Å²) >= 11 is 0. The molecule has 1 rings (SSSR count). The van der Waals surface area contributed by atoms with Crippen LogP contribution in [-0.4, -0.2) is 30.7 Å². The third-order valence-corrected chi connectivity index (χ3v) is 4.51. The second-order valence-electron chi connectivity index (χ2n) is 6.03. The summed E-state index contributed by atoms with van der Waals surface area (Å²) in [6, 6.07) is 0.322. The summed E-state index contributed by atoms with van der Waals surface area (Å²) in [5, 5.41) is 10.2. The summed E-state index contributed by atoms with van der Waals surface area (Å²) in [6.45, 7) is 11.0. The van der Waals surface area contributed by atoms with Gasteiger partial charge in [-0.1, -0.05) is 32.3 Å². The largest absolute Gasteiger partial charge is 0.360 e. The summed E-state index contributed by atoms with van der Waals surface area (Å²) in [6.07, 6.45) is 2.88. The van der Waals surface area contributed by atoms with Crippen molar-refractivity contribution < 1.29 is 9.32 Å². The van der Waals surface area contributed by atoms with E-state index in [2.05, 4.69) is 36.6 Å². The van der Waals surface area contributed by atoms with Crippen LogP contribution in [0.25, 0.3) is 0 Å². The van der Waals surface area contributed by atoms with Crippen molar-refractivity contribution in [1.29, 1.82) is 0 Å². The molecule has 120 valence electrons. The van der Waals surface area contributed by atoms with Gasteiger partial charge in [-0.05, 0) is 32.7 Å². The van der Waals surface area contributed by atoms with E-state index in [1.165, 1.54) is 0 Å². The summed E-state index contributed by atoms with van der Waals surface area (Å²) in [5.41, 5.74) is 1.27. The zero-order valence-electron chi connectivity index (χ0n) is 14.2. The number of rotatable bonds is 8. The van der Waals surface area contributed by atoms with Crippen molar-refractivity contribution in [3.8, 4) is 0 Å². The lowest BCUT2D eigenvalue weighted by Crippen LogP contribution is -2.47. The molecular formula is C16H29N3O2. The molecule has 0 saturated carbocycles. The molecule has 1 aromatic heterocycles. The Labute approximate surface area is 127 Å². The second-order valence-corrected chi connectivity index (χ2v) is 6.03. The van der Waals surface area contributed by atoms with Gasteiger partial charge in [-0.25, -0.2) is 0 Å². The molecule has 2 N–H and O–H groups in total. The predicted molar refractivity (Wildman–Crippen MR) is 84.5 cm³/mol. The van der Waals surface area contributed by atoms with Crippen molar-refractivity contribution >= 4 is 5.91 Å². The number of aryl methyl sites for hydroxylation is 1. The first-order chi connectivity index (χ1) is 9.89. The summed E-state index contributed by atoms with van der Waals surface area (Å²) in [5.74, 6) is 0.627. The molecule has 0 aromatic carbocycles. The van der Waals surface area contributed by atoms with Crippen molar-refractivity contribution in [3.05, 3.63) is 17.0 Å². The third-order valence-electron chi connectivity index (χ3n) is 4.51. The molecule has 21 heavy (non-hydrogen) atoms. The normalized spacial score (nSPS) is 15.5. The molecule has 0 bridgehead atoms. The van der Waals surface area contributed by atoms with E-state index in [0.717, 1.165) is 30.6 Å². The minimum absolute atomic E-state index is 0.0182. The van der Waals surface area contributed by atoms with Gasteiger partial charge in [0, 0.05) is 24.6 Å². The molecule has 5 nitrogen and oxygen atoms in total. The molecule has 0 aliphatic carbocycles. The number of carbonyl (C=O) groups excluding carboxylic acids is 1. The molecule has 0 saturated heterocycles. The lowest BCUT2D eigenvalue weighted by Gasteiger charge is -2.35. The van der Waals surface area contributed by atoms with Crippen LogP contribution >= 0.6 is 0 Å². The average Bonchev–Trinajstić information content (AvgIpc) is 2.85. The Bertz CT molecular complexity index is 470. The maximum Gasteiger partial charge on any atom is 0.273 e. The van der Waals surface area contributed by atoms with E-state index in [-0.39, 0.29) is 11.3 Å². The van der Waals surface area contributed by atoms with Crippen LogP contribution in [0.3, 0.4) is 0 Å². The smallest absolute Gasteiger partial charge is 0.273 e. The number of hydrogen-bond donors (Lipinski definition) is 2. The predicted octanol–water partition coefficient (Wildman–Crippen LogP) is 2.69. The van der Waals surface area contributed by atoms with E-state index in [4.69, 9.17) is 4.52 Å². The number of aromatic nitrogens is 1. The Balaban J connectivity index is 2.75. The molecule has 0 aliphatic rings. The van der Waals surface area contributed by atoms with Gasteiger partial charge in [0.1, 0.15) is 5.76 Å². The summed E-state index contributed by atoms with van der Waals surface area (Å²) < 4.78 is 5.19. The topological polar surface area (TPSA) is 67.2 Å². The first-order valence-electron chi connectivity index (χ1n) is 7.80. The van der Waals surface area contributed by atoms with E-state index >= 15 is 0 Å². The van der Waals surface area contributed by atoms with Gasteiger partial charge in [0.25, 0.3) is 5.91 Å². The molecule has 1 aromatic rings. The van der Waals surface area contributed by atoms with E-state index < -0.39 is 0 Å². The fourth-order valence-corrected chi connectivity index (χ4v) is 2.65. The van der Waals surface area contributed by atoms with Crippen LogP contribution in [0.15, 0.2) is 4.52 Å². The molecule has 1 heterocycles. The van der Waals surface area contributed by atoms with Crippen molar-refractivity contribution in [2.45, 2.75) is 59.9 Å². The highest BCUT2D eigenvalue weighted by molar-refractivity contribution is 5.93. The minimum Gasteiger partial charge on any atom is -0.360 e. The fraction of sp³-hybridized carbons (Fsp3) is 0.750. The number of carbonyl (C=O) groups is 1. The van der Waals surface area contributed by atoms with Gasteiger partial charge < -0.3 is 15.2 Å². The Kier molecular flexibility index (Phi) is 6.40. The minimum atomic E-state index is -0.151. The SMILES string of the molecule is CCCC(C)(CNC(=O)c1noc(CC)c1C)C(C)NC. The molecule has 0 radical (unpaired) electrons. The number of nitrogens with one attached hydrogen (secondary N) is 2. The first-order valence-corrected chi connectivity index (χ1v) is 7.80. The highest BCUT2D eigenvalue weighted by Crippen LogP contribution is 2.27. The average molecular weight is 295 g/mol. The van der Waals surface area contributed by atoms with E-state index in [0.29, 0.717) is 18.3 Å². The van der Waals surface area contributed by atoms with Crippen LogP contribution in [0.4, 0.5) is 0 Å². The van der Waals surface area contributed by atoms with Crippen molar-refractivity contribution in [2.75, 3.05) is 13.6 Å². The molecule has 0 aliphatic heterocycles. The quantitative estimate of drug-likeness (QED) is 0.774. The molecule has 5 heteroatoms. The monoisotopic (exact) mass is 295 g/mol. The lowest BCUT2D eigenvalue weighted by atomic mass is 9.79. The molecule has 0 spiro atoms. The highest BCUT2D eigenvalue weighted by atomic mass is 16.5.